The Morgan fingerprint density at radius 2 is 2.00 bits per heavy atom. The first-order chi connectivity index (χ1) is 1.91. The van der Waals surface area contributed by atoms with Gasteiger partial charge in [0, 0.05) is 0 Å². The van der Waals surface area contributed by atoms with Crippen LogP contribution in [-0.4, -0.2) is 0 Å². The molecule has 1 heteroatoms. The molecule has 0 atom stereocenters. The minimum Gasteiger partial charge on any atom is -0.518 e. The molecule has 0 saturated heterocycles. The summed E-state index contributed by atoms with van der Waals surface area (Å²) >= 11 is 0. The van der Waals surface area contributed by atoms with Crippen LogP contribution in [0.2, 0.25) is 0 Å². The van der Waals surface area contributed by atoms with E-state index < -0.39 is 0 Å². The van der Waals surface area contributed by atoms with Gasteiger partial charge in [0.1, 0.15) is 0 Å². The van der Waals surface area contributed by atoms with Crippen LogP contribution < -0.4 is 0 Å². The molecule has 0 radical (unpaired) electrons. The summed E-state index contributed by atoms with van der Waals surface area (Å²) in [5.74, 6) is 0. The molecule has 5 heavy (non-hydrogen) atoms. The normalized spacial score (nSPS) is 5.00. The molecule has 0 aliphatic rings. The molecule has 0 bridgehead atoms. The Kier molecular flexibility index (Phi) is 28.1. The van der Waals surface area contributed by atoms with E-state index in [-0.39, 0.29) is 0 Å². The fourth-order valence-electron chi connectivity index (χ4n) is 0. The first-order valence-electron chi connectivity index (χ1n) is 1.45. The zero-order valence-electron chi connectivity index (χ0n) is 3.57. The average Bonchev–Trinajstić information content (AvgIpc) is 1.37. The molecule has 0 spiro atoms. The van der Waals surface area contributed by atoms with Crippen LogP contribution in [0.1, 0.15) is 13.3 Å². The Morgan fingerprint density at radius 3 is 2.00 bits per heavy atom. The van der Waals surface area contributed by atoms with E-state index in [0.29, 0.717) is 0 Å². The molecule has 0 rings (SSSR count). The van der Waals surface area contributed by atoms with E-state index in [1.54, 1.807) is 6.08 Å². The maximum atomic E-state index is 4.90. The molecule has 0 saturated carbocycles. The summed E-state index contributed by atoms with van der Waals surface area (Å²) in [7, 11) is 0. The third kappa shape index (κ3) is 22.2. The molecule has 0 aromatic rings. The maximum Gasteiger partial charge on any atom is 0 e. The van der Waals surface area contributed by atoms with Gasteiger partial charge in [0.15, 0.2) is 0 Å². The summed E-state index contributed by atoms with van der Waals surface area (Å²) in [6.45, 7) is 6.90. The Morgan fingerprint density at radius 1 is 1.80 bits per heavy atom. The Hall–Kier alpha value is -1.26. The minimum absolute atomic E-state index is 0. The van der Waals surface area contributed by atoms with E-state index >= 15 is 0 Å². The van der Waals surface area contributed by atoms with E-state index in [9.17, 15) is 0 Å². The van der Waals surface area contributed by atoms with Crippen molar-refractivity contribution in [1.29, 1.82) is 0 Å². The summed E-state index contributed by atoms with van der Waals surface area (Å²) in [6, 6.07) is 0. The van der Waals surface area contributed by atoms with Gasteiger partial charge in [0.2, 0.25) is 0 Å². The third-order valence-electron chi connectivity index (χ3n) is 0.236. The molecule has 0 unspecified atom stereocenters. The molecule has 0 heterocycles. The Bertz CT molecular complexity index is 17.6. The van der Waals surface area contributed by atoms with Gasteiger partial charge in [0.25, 0.3) is 0 Å². The van der Waals surface area contributed by atoms with Crippen LogP contribution in [0.5, 0.6) is 0 Å². The van der Waals surface area contributed by atoms with Gasteiger partial charge >= 0.3 is 0 Å². The number of allylic oxidation sites excluding steroid dienone is 1. The van der Waals surface area contributed by atoms with Crippen molar-refractivity contribution >= 4 is 0 Å². The maximum absolute atomic E-state index is 4.90. The molecule has 0 amide bonds. The average molecular weight is 322 g/mol. The van der Waals surface area contributed by atoms with Crippen molar-refractivity contribution < 1.29 is 0 Å². The summed E-state index contributed by atoms with van der Waals surface area (Å²) in [6.07, 6.45) is 2.60. The number of hydrogen-bond acceptors (Lipinski definition) is 0. The van der Waals surface area contributed by atoms with Crippen LogP contribution in [-0.2, 0) is 0 Å². The zero-order valence-corrected chi connectivity index (χ0v) is 9.97. The van der Waals surface area contributed by atoms with Gasteiger partial charge in [-0.25, -0.2) is 0 Å². The number of hydrogen-bond donors (Lipinski definition) is 0. The summed E-state index contributed by atoms with van der Waals surface area (Å²) in [4.78, 5) is 0. The van der Waals surface area contributed by atoms with E-state index in [2.05, 4.69) is 0 Å². The van der Waals surface area contributed by atoms with Crippen LogP contribution in [0.15, 0.2) is 6.08 Å². The van der Waals surface area contributed by atoms with Crippen molar-refractivity contribution in [3.8, 4) is 0 Å². The van der Waals surface area contributed by atoms with E-state index in [1.165, 1.54) is 0 Å². The molecular formula is C4H7Rf-. The fraction of sp³-hybridized carbons (Fsp3) is 0.500. The molecule has 0 aliphatic carbocycles. The zero-order chi connectivity index (χ0) is 3.41. The SMILES string of the molecule is [CH-]=CCC.[Rf]. The largest absolute Gasteiger partial charge is 0.518 e. The molecule has 0 fully saturated rings. The van der Waals surface area contributed by atoms with Gasteiger partial charge in [-0.15, -0.1) is 0 Å². The quantitative estimate of drug-likeness (QED) is 0.640. The van der Waals surface area contributed by atoms with Crippen molar-refractivity contribution in [3.05, 3.63) is 12.7 Å². The van der Waals surface area contributed by atoms with Crippen molar-refractivity contribution in [3.63, 3.8) is 0 Å². The topological polar surface area (TPSA) is 0 Å². The van der Waals surface area contributed by atoms with E-state index in [4.69, 9.17) is 6.58 Å². The second-order valence-corrected chi connectivity index (χ2v) is 0.644. The first kappa shape index (κ1) is 9.27. The fourth-order valence-corrected chi connectivity index (χ4v) is 0. The predicted molar refractivity (Wildman–Crippen MR) is 19.2 cm³/mol. The van der Waals surface area contributed by atoms with Gasteiger partial charge in [-0.2, -0.15) is 0 Å². The molecule has 26 valence electrons. The van der Waals surface area contributed by atoms with Gasteiger partial charge in [-0.05, 0) is 0 Å². The third-order valence-corrected chi connectivity index (χ3v) is 0.236. The summed E-state index contributed by atoms with van der Waals surface area (Å²) < 4.78 is 0. The minimum atomic E-state index is 0. The van der Waals surface area contributed by atoms with E-state index in [1.807, 2.05) is 6.92 Å². The second kappa shape index (κ2) is 15.1. The molecule has 0 aromatic carbocycles. The van der Waals surface area contributed by atoms with Crippen molar-refractivity contribution in [2.45, 2.75) is 13.3 Å². The van der Waals surface area contributed by atoms with E-state index in [0.717, 1.165) is 6.42 Å². The van der Waals surface area contributed by atoms with Crippen molar-refractivity contribution in [1.82, 2.24) is 0 Å². The van der Waals surface area contributed by atoms with Gasteiger partial charge < -0.3 is 6.58 Å². The van der Waals surface area contributed by atoms with Gasteiger partial charge in [-0.3, -0.25) is 6.08 Å². The monoisotopic (exact) mass is 322 g/mol. The van der Waals surface area contributed by atoms with Crippen molar-refractivity contribution in [2.75, 3.05) is 0 Å². The number of rotatable bonds is 1. The summed E-state index contributed by atoms with van der Waals surface area (Å²) in [5.41, 5.74) is 0. The molecule has 0 aromatic heterocycles. The summed E-state index contributed by atoms with van der Waals surface area (Å²) in [5, 5.41) is 0. The first-order valence-corrected chi connectivity index (χ1v) is 1.45. The van der Waals surface area contributed by atoms with Crippen molar-refractivity contribution in [2.24, 2.45) is 0 Å². The van der Waals surface area contributed by atoms with Crippen LogP contribution in [0.3, 0.4) is 0 Å². The van der Waals surface area contributed by atoms with Crippen LogP contribution in [0, 0.1) is 6.58 Å². The molecule has 0 nitrogen and oxygen atoms in total. The second-order valence-electron chi connectivity index (χ2n) is 0.644. The van der Waals surface area contributed by atoms with Crippen LogP contribution in [0.4, 0.5) is 0 Å². The predicted octanol–water partition coefficient (Wildman–Crippen LogP) is 1.39. The van der Waals surface area contributed by atoms with Crippen LogP contribution >= 0.6 is 0 Å². The standard InChI is InChI=1S/C4H7.Rf/c1-3-4-2;/h1,3H,4H2,2H3;/q-1;. The Labute approximate surface area is 27.1 Å². The molecule has 0 N–H and O–H groups in total. The van der Waals surface area contributed by atoms with Gasteiger partial charge in [0.05, 0.1) is 0 Å². The molecule has 0 aliphatic heterocycles. The smallest absolute Gasteiger partial charge is 0 e. The van der Waals surface area contributed by atoms with Gasteiger partial charge in [-0.1, -0.05) is 13.3 Å². The molecular weight excluding hydrogens is 315 g/mol. The van der Waals surface area contributed by atoms with Crippen LogP contribution in [0.25, 0.3) is 0 Å². The Balaban J connectivity index is 0.